The molecule has 2 rings (SSSR count). The SMILES string of the molecule is COc1ccc(NC(=O)CN(C)C(=O)/C=C/c2ccc(Cl)c(C(F)(F)F)c2)cc1. The molecular weight excluding hydrogens is 409 g/mol. The predicted octanol–water partition coefficient (Wildman–Crippen LogP) is 4.48. The van der Waals surface area contributed by atoms with Crippen molar-refractivity contribution in [2.45, 2.75) is 6.18 Å². The molecule has 154 valence electrons. The van der Waals surface area contributed by atoms with E-state index < -0.39 is 28.6 Å². The number of nitrogens with one attached hydrogen (secondary N) is 1. The molecule has 0 saturated carbocycles. The Kier molecular flexibility index (Phi) is 7.28. The van der Waals surface area contributed by atoms with Gasteiger partial charge < -0.3 is 15.0 Å². The fourth-order valence-corrected chi connectivity index (χ4v) is 2.55. The van der Waals surface area contributed by atoms with Crippen LogP contribution in [0.3, 0.4) is 0 Å². The highest BCUT2D eigenvalue weighted by molar-refractivity contribution is 6.31. The van der Waals surface area contributed by atoms with Gasteiger partial charge in [-0.15, -0.1) is 0 Å². The van der Waals surface area contributed by atoms with E-state index in [2.05, 4.69) is 5.32 Å². The first-order valence-corrected chi connectivity index (χ1v) is 8.72. The number of halogens is 4. The Morgan fingerprint density at radius 2 is 1.83 bits per heavy atom. The van der Waals surface area contributed by atoms with Crippen LogP contribution in [0.5, 0.6) is 5.75 Å². The van der Waals surface area contributed by atoms with Crippen LogP contribution >= 0.6 is 11.6 Å². The number of amides is 2. The molecule has 9 heteroatoms. The third kappa shape index (κ3) is 6.53. The summed E-state index contributed by atoms with van der Waals surface area (Å²) in [6.45, 7) is -0.233. The van der Waals surface area contributed by atoms with Crippen molar-refractivity contribution < 1.29 is 27.5 Å². The molecule has 0 bridgehead atoms. The van der Waals surface area contributed by atoms with Crippen LogP contribution in [0.25, 0.3) is 6.08 Å². The molecule has 0 radical (unpaired) electrons. The van der Waals surface area contributed by atoms with Gasteiger partial charge in [0.15, 0.2) is 0 Å². The van der Waals surface area contributed by atoms with Gasteiger partial charge in [0.2, 0.25) is 11.8 Å². The number of hydrogen-bond donors (Lipinski definition) is 1. The van der Waals surface area contributed by atoms with Gasteiger partial charge >= 0.3 is 6.18 Å². The van der Waals surface area contributed by atoms with Crippen LogP contribution in [0.2, 0.25) is 5.02 Å². The van der Waals surface area contributed by atoms with Crippen LogP contribution in [-0.2, 0) is 15.8 Å². The lowest BCUT2D eigenvalue weighted by Crippen LogP contribution is -2.33. The lowest BCUT2D eigenvalue weighted by atomic mass is 10.1. The van der Waals surface area contributed by atoms with Gasteiger partial charge in [0.05, 0.1) is 24.2 Å². The Hall–Kier alpha value is -3.00. The van der Waals surface area contributed by atoms with Crippen LogP contribution < -0.4 is 10.1 Å². The predicted molar refractivity (Wildman–Crippen MR) is 105 cm³/mol. The summed E-state index contributed by atoms with van der Waals surface area (Å²) in [6.07, 6.45) is -2.28. The van der Waals surface area contributed by atoms with Gasteiger partial charge in [-0.25, -0.2) is 0 Å². The van der Waals surface area contributed by atoms with Crippen LogP contribution in [0.4, 0.5) is 18.9 Å². The quantitative estimate of drug-likeness (QED) is 0.693. The largest absolute Gasteiger partial charge is 0.497 e. The lowest BCUT2D eigenvalue weighted by molar-refractivity contribution is -0.137. The highest BCUT2D eigenvalue weighted by Gasteiger charge is 2.33. The Labute approximate surface area is 170 Å². The topological polar surface area (TPSA) is 58.6 Å². The highest BCUT2D eigenvalue weighted by Crippen LogP contribution is 2.35. The van der Waals surface area contributed by atoms with Gasteiger partial charge in [0.1, 0.15) is 5.75 Å². The molecule has 0 aliphatic heterocycles. The Morgan fingerprint density at radius 1 is 1.17 bits per heavy atom. The summed E-state index contributed by atoms with van der Waals surface area (Å²) in [5.74, 6) is -0.333. The van der Waals surface area contributed by atoms with Gasteiger partial charge in [0, 0.05) is 18.8 Å². The number of hydrogen-bond acceptors (Lipinski definition) is 3. The monoisotopic (exact) mass is 426 g/mol. The highest BCUT2D eigenvalue weighted by atomic mass is 35.5. The van der Waals surface area contributed by atoms with E-state index >= 15 is 0 Å². The molecule has 0 heterocycles. The Balaban J connectivity index is 1.96. The molecule has 0 unspecified atom stereocenters. The number of anilines is 1. The van der Waals surface area contributed by atoms with Gasteiger partial charge in [-0.3, -0.25) is 9.59 Å². The maximum Gasteiger partial charge on any atom is 0.417 e. The molecule has 5 nitrogen and oxygen atoms in total. The maximum atomic E-state index is 12.9. The lowest BCUT2D eigenvalue weighted by Gasteiger charge is -2.15. The molecule has 2 aromatic carbocycles. The van der Waals surface area contributed by atoms with Crippen molar-refractivity contribution in [3.05, 3.63) is 64.7 Å². The third-order valence-electron chi connectivity index (χ3n) is 3.84. The van der Waals surface area contributed by atoms with Crippen LogP contribution in [0.1, 0.15) is 11.1 Å². The van der Waals surface area contributed by atoms with Crippen LogP contribution in [0, 0.1) is 0 Å². The van der Waals surface area contributed by atoms with Crippen molar-refractivity contribution in [2.24, 2.45) is 0 Å². The van der Waals surface area contributed by atoms with Gasteiger partial charge in [-0.1, -0.05) is 17.7 Å². The smallest absolute Gasteiger partial charge is 0.417 e. The minimum Gasteiger partial charge on any atom is -0.497 e. The summed E-state index contributed by atoms with van der Waals surface area (Å²) < 4.78 is 43.7. The fourth-order valence-electron chi connectivity index (χ4n) is 2.33. The van der Waals surface area contributed by atoms with Gasteiger partial charge in [0.25, 0.3) is 0 Å². The molecule has 0 spiro atoms. The molecule has 2 amide bonds. The number of carbonyl (C=O) groups excluding carboxylic acids is 2. The Morgan fingerprint density at radius 3 is 2.41 bits per heavy atom. The summed E-state index contributed by atoms with van der Waals surface area (Å²) in [7, 11) is 2.93. The zero-order chi connectivity index (χ0) is 21.6. The standard InChI is InChI=1S/C20H18ClF3N2O3/c1-26(12-18(27)25-14-5-7-15(29-2)8-6-14)19(28)10-4-13-3-9-17(21)16(11-13)20(22,23)24/h3-11H,12H2,1-2H3,(H,25,27)/b10-4+. The number of nitrogens with zero attached hydrogens (tertiary/aromatic N) is 1. The second-order valence-corrected chi connectivity index (χ2v) is 6.45. The number of methoxy groups -OCH3 is 1. The third-order valence-corrected chi connectivity index (χ3v) is 4.17. The number of rotatable bonds is 6. The Bertz CT molecular complexity index is 912. The average Bonchev–Trinajstić information content (AvgIpc) is 2.66. The van der Waals surface area contributed by atoms with Crippen molar-refractivity contribution in [1.29, 1.82) is 0 Å². The molecule has 29 heavy (non-hydrogen) atoms. The van der Waals surface area contributed by atoms with Crippen molar-refractivity contribution in [3.8, 4) is 5.75 Å². The molecular formula is C20H18ClF3N2O3. The molecule has 0 aliphatic carbocycles. The zero-order valence-electron chi connectivity index (χ0n) is 15.6. The number of alkyl halides is 3. The van der Waals surface area contributed by atoms with Crippen molar-refractivity contribution in [1.82, 2.24) is 4.90 Å². The van der Waals surface area contributed by atoms with E-state index in [4.69, 9.17) is 16.3 Å². The van der Waals surface area contributed by atoms with E-state index in [1.807, 2.05) is 0 Å². The first kappa shape index (κ1) is 22.3. The number of benzene rings is 2. The first-order valence-electron chi connectivity index (χ1n) is 8.34. The molecule has 0 aliphatic rings. The van der Waals surface area contributed by atoms with E-state index in [-0.39, 0.29) is 12.1 Å². The molecule has 0 saturated heterocycles. The number of carbonyl (C=O) groups is 2. The van der Waals surface area contributed by atoms with E-state index in [0.717, 1.165) is 23.1 Å². The minimum atomic E-state index is -4.60. The summed E-state index contributed by atoms with van der Waals surface area (Å²) in [5, 5.41) is 2.21. The van der Waals surface area contributed by atoms with Crippen molar-refractivity contribution in [3.63, 3.8) is 0 Å². The molecule has 0 atom stereocenters. The minimum absolute atomic E-state index is 0.158. The molecule has 2 aromatic rings. The van der Waals surface area contributed by atoms with E-state index in [1.165, 1.54) is 26.3 Å². The average molecular weight is 427 g/mol. The fraction of sp³-hybridized carbons (Fsp3) is 0.200. The van der Waals surface area contributed by atoms with Crippen molar-refractivity contribution >= 4 is 35.2 Å². The van der Waals surface area contributed by atoms with E-state index in [1.54, 1.807) is 24.3 Å². The number of ether oxygens (including phenoxy) is 1. The molecule has 0 aromatic heterocycles. The second-order valence-electron chi connectivity index (χ2n) is 6.04. The normalized spacial score (nSPS) is 11.4. The summed E-state index contributed by atoms with van der Waals surface area (Å²) in [5.41, 5.74) is -0.291. The maximum absolute atomic E-state index is 12.9. The number of likely N-dealkylation sites (N-methyl/N-ethyl adjacent to an activating group) is 1. The van der Waals surface area contributed by atoms with Crippen LogP contribution in [0.15, 0.2) is 48.5 Å². The first-order chi connectivity index (χ1) is 13.6. The van der Waals surface area contributed by atoms with Gasteiger partial charge in [-0.05, 0) is 48.0 Å². The zero-order valence-corrected chi connectivity index (χ0v) is 16.3. The second kappa shape index (κ2) is 9.47. The summed E-state index contributed by atoms with van der Waals surface area (Å²) >= 11 is 5.56. The summed E-state index contributed by atoms with van der Waals surface area (Å²) in [4.78, 5) is 25.3. The van der Waals surface area contributed by atoms with E-state index in [9.17, 15) is 22.8 Å². The van der Waals surface area contributed by atoms with Crippen LogP contribution in [-0.4, -0.2) is 37.4 Å². The van der Waals surface area contributed by atoms with Crippen molar-refractivity contribution in [2.75, 3.05) is 26.0 Å². The molecule has 0 fully saturated rings. The van der Waals surface area contributed by atoms with Gasteiger partial charge in [-0.2, -0.15) is 13.2 Å². The summed E-state index contributed by atoms with van der Waals surface area (Å²) in [6, 6.07) is 9.97. The van der Waals surface area contributed by atoms with E-state index in [0.29, 0.717) is 11.4 Å². The molecule has 1 N–H and O–H groups in total.